The lowest BCUT2D eigenvalue weighted by molar-refractivity contribution is -0.141. The smallest absolute Gasteiger partial charge is 0.408 e. The molecule has 0 fully saturated rings. The van der Waals surface area contributed by atoms with Crippen molar-refractivity contribution >= 4 is 41.2 Å². The van der Waals surface area contributed by atoms with Crippen LogP contribution in [-0.4, -0.2) is 34.4 Å². The number of hydrogen-bond acceptors (Lipinski definition) is 6. The Bertz CT molecular complexity index is 2000. The Morgan fingerprint density at radius 2 is 1.33 bits per heavy atom. The lowest BCUT2D eigenvalue weighted by Gasteiger charge is -2.35. The minimum absolute atomic E-state index is 0.0101. The zero-order chi connectivity index (χ0) is 37.3. The molecule has 52 heavy (non-hydrogen) atoms. The van der Waals surface area contributed by atoms with E-state index in [2.05, 4.69) is 10.6 Å². The summed E-state index contributed by atoms with van der Waals surface area (Å²) in [6.45, 7) is 7.08. The summed E-state index contributed by atoms with van der Waals surface area (Å²) in [6, 6.07) is 35.6. The van der Waals surface area contributed by atoms with Gasteiger partial charge in [-0.25, -0.2) is 9.59 Å². The highest BCUT2D eigenvalue weighted by atomic mass is 35.5. The lowest BCUT2D eigenvalue weighted by Crippen LogP contribution is -2.48. The maximum Gasteiger partial charge on any atom is 0.408 e. The maximum atomic E-state index is 15.0. The predicted octanol–water partition coefficient (Wildman–Crippen LogP) is 8.84. The maximum absolute atomic E-state index is 15.0. The molecule has 0 aliphatic heterocycles. The van der Waals surface area contributed by atoms with E-state index in [1.807, 2.05) is 37.3 Å². The molecule has 0 saturated heterocycles. The minimum Gasteiger partial charge on any atom is -0.444 e. The van der Waals surface area contributed by atoms with Gasteiger partial charge in [0, 0.05) is 11.6 Å². The largest absolute Gasteiger partial charge is 0.444 e. The van der Waals surface area contributed by atoms with Crippen LogP contribution in [0.15, 0.2) is 133 Å². The van der Waals surface area contributed by atoms with Gasteiger partial charge in [-0.1, -0.05) is 114 Å². The quantitative estimate of drug-likeness (QED) is 0.104. The fourth-order valence-electron chi connectivity index (χ4n) is 5.43. The van der Waals surface area contributed by atoms with E-state index in [-0.39, 0.29) is 18.0 Å². The van der Waals surface area contributed by atoms with Crippen LogP contribution in [0.1, 0.15) is 65.5 Å². The second kappa shape index (κ2) is 16.9. The molecule has 2 N–H and O–H groups in total. The fraction of sp³-hybridized carbons (Fsp3) is 0.190. The third-order valence-corrected chi connectivity index (χ3v) is 8.15. The summed E-state index contributed by atoms with van der Waals surface area (Å²) >= 11 is 6.28. The number of ether oxygens (including phenoxy) is 2. The Kier molecular flexibility index (Phi) is 12.1. The van der Waals surface area contributed by atoms with Gasteiger partial charge in [-0.2, -0.15) is 0 Å². The molecule has 266 valence electrons. The van der Waals surface area contributed by atoms with Gasteiger partial charge in [0.25, 0.3) is 11.8 Å². The Labute approximate surface area is 308 Å². The summed E-state index contributed by atoms with van der Waals surface area (Å²) in [6.07, 6.45) is -0.800. The second-order valence-electron chi connectivity index (χ2n) is 13.1. The molecular formula is C42H40ClN3O6. The number of alkyl carbamates (subject to hydrolysis) is 1. The Morgan fingerprint density at radius 3 is 1.96 bits per heavy atom. The molecule has 10 heteroatoms. The minimum atomic E-state index is -1.25. The first-order valence-corrected chi connectivity index (χ1v) is 17.1. The van der Waals surface area contributed by atoms with Crippen LogP contribution in [-0.2, 0) is 20.9 Å². The Balaban J connectivity index is 1.57. The number of halogens is 1. The molecule has 0 aliphatic carbocycles. The van der Waals surface area contributed by atoms with Gasteiger partial charge < -0.3 is 25.0 Å². The molecule has 3 amide bonds. The summed E-state index contributed by atoms with van der Waals surface area (Å²) in [4.78, 5) is 57.3. The number of nitrogens with zero attached hydrogens (tertiary/aromatic N) is 1. The summed E-state index contributed by atoms with van der Waals surface area (Å²) in [5.41, 5.74) is 2.38. The van der Waals surface area contributed by atoms with Crippen LogP contribution in [0.3, 0.4) is 0 Å². The van der Waals surface area contributed by atoms with Crippen LogP contribution in [0.25, 0.3) is 0 Å². The highest BCUT2D eigenvalue weighted by Crippen LogP contribution is 2.32. The van der Waals surface area contributed by atoms with Crippen molar-refractivity contribution in [2.75, 3.05) is 5.32 Å². The SMILES string of the molecule is Cc1ccc(C(=O)Oc2ccccc2NC(=O)C(c2ccc(Cl)cc2)N(Cc2ccccc2)C(=O)C(NC(=O)OC(C)(C)C)c2ccccc2)cc1. The molecule has 0 radical (unpaired) electrons. The zero-order valence-electron chi connectivity index (χ0n) is 29.3. The van der Waals surface area contributed by atoms with Gasteiger partial charge in [0.2, 0.25) is 0 Å². The van der Waals surface area contributed by atoms with E-state index in [4.69, 9.17) is 21.1 Å². The number of carbonyl (C=O) groups excluding carboxylic acids is 4. The first-order chi connectivity index (χ1) is 24.9. The van der Waals surface area contributed by atoms with E-state index in [0.29, 0.717) is 21.7 Å². The van der Waals surface area contributed by atoms with Gasteiger partial charge in [0.05, 0.1) is 11.3 Å². The molecule has 0 saturated carbocycles. The summed E-state index contributed by atoms with van der Waals surface area (Å²) in [5.74, 6) is -1.66. The van der Waals surface area contributed by atoms with Crippen molar-refractivity contribution < 1.29 is 28.7 Å². The number of carbonyl (C=O) groups is 4. The number of esters is 1. The molecule has 5 rings (SSSR count). The highest BCUT2D eigenvalue weighted by Gasteiger charge is 2.37. The molecule has 0 aliphatic rings. The average molecular weight is 718 g/mol. The standard InChI is InChI=1S/C42H40ClN3O6/c1-28-19-21-32(22-20-28)40(49)51-35-18-12-11-17-34(35)44-38(47)37(31-23-25-33(43)26-24-31)46(27-29-13-7-5-8-14-29)39(48)36(30-15-9-6-10-16-30)45-41(50)52-42(2,3)4/h5-26,36-37H,27H2,1-4H3,(H,44,47)(H,45,50). The topological polar surface area (TPSA) is 114 Å². The third-order valence-electron chi connectivity index (χ3n) is 7.90. The zero-order valence-corrected chi connectivity index (χ0v) is 30.1. The van der Waals surface area contributed by atoms with Crippen LogP contribution in [0.5, 0.6) is 5.75 Å². The van der Waals surface area contributed by atoms with E-state index in [1.54, 1.807) is 124 Å². The number of nitrogens with one attached hydrogen (secondary N) is 2. The van der Waals surface area contributed by atoms with Gasteiger partial charge in [0.15, 0.2) is 5.75 Å². The van der Waals surface area contributed by atoms with Gasteiger partial charge >= 0.3 is 12.1 Å². The number of hydrogen-bond donors (Lipinski definition) is 2. The van der Waals surface area contributed by atoms with E-state index in [9.17, 15) is 19.2 Å². The van der Waals surface area contributed by atoms with Gasteiger partial charge in [-0.3, -0.25) is 9.59 Å². The number of anilines is 1. The molecule has 0 spiro atoms. The lowest BCUT2D eigenvalue weighted by atomic mass is 9.99. The van der Waals surface area contributed by atoms with Crippen molar-refractivity contribution in [3.8, 4) is 5.75 Å². The third kappa shape index (κ3) is 10.1. The number of benzene rings is 5. The normalized spacial score (nSPS) is 12.2. The summed E-state index contributed by atoms with van der Waals surface area (Å²) < 4.78 is 11.3. The number of rotatable bonds is 11. The molecule has 5 aromatic rings. The van der Waals surface area contributed by atoms with Gasteiger partial charge in [-0.15, -0.1) is 0 Å². The Morgan fingerprint density at radius 1 is 0.731 bits per heavy atom. The van der Waals surface area contributed by atoms with Crippen molar-refractivity contribution in [1.29, 1.82) is 0 Å². The van der Waals surface area contributed by atoms with Crippen LogP contribution in [0.2, 0.25) is 5.02 Å². The van der Waals surface area contributed by atoms with Crippen molar-refractivity contribution in [1.82, 2.24) is 10.2 Å². The molecule has 0 heterocycles. The molecule has 5 aromatic carbocycles. The first kappa shape index (κ1) is 37.3. The number of para-hydroxylation sites is 2. The monoisotopic (exact) mass is 717 g/mol. The van der Waals surface area contributed by atoms with E-state index in [1.165, 1.54) is 4.90 Å². The molecule has 0 aromatic heterocycles. The summed E-state index contributed by atoms with van der Waals surface area (Å²) in [5, 5.41) is 6.09. The Hall–Kier alpha value is -5.93. The number of aryl methyl sites for hydroxylation is 1. The average Bonchev–Trinajstić information content (AvgIpc) is 3.12. The van der Waals surface area contributed by atoms with Crippen LogP contribution < -0.4 is 15.4 Å². The molecule has 0 bridgehead atoms. The van der Waals surface area contributed by atoms with Crippen LogP contribution in [0, 0.1) is 6.92 Å². The second-order valence-corrected chi connectivity index (χ2v) is 13.6. The van der Waals surface area contributed by atoms with Gasteiger partial charge in [-0.05, 0) is 80.8 Å². The van der Waals surface area contributed by atoms with E-state index < -0.39 is 41.6 Å². The molecule has 9 nitrogen and oxygen atoms in total. The van der Waals surface area contributed by atoms with Crippen LogP contribution in [0.4, 0.5) is 10.5 Å². The van der Waals surface area contributed by atoms with Crippen molar-refractivity contribution in [2.45, 2.75) is 51.9 Å². The van der Waals surface area contributed by atoms with E-state index in [0.717, 1.165) is 11.1 Å². The van der Waals surface area contributed by atoms with Gasteiger partial charge in [0.1, 0.15) is 17.7 Å². The van der Waals surface area contributed by atoms with Crippen molar-refractivity contribution in [3.63, 3.8) is 0 Å². The van der Waals surface area contributed by atoms with Crippen molar-refractivity contribution in [2.24, 2.45) is 0 Å². The van der Waals surface area contributed by atoms with Crippen molar-refractivity contribution in [3.05, 3.63) is 166 Å². The first-order valence-electron chi connectivity index (χ1n) is 16.7. The highest BCUT2D eigenvalue weighted by molar-refractivity contribution is 6.30. The fourth-order valence-corrected chi connectivity index (χ4v) is 5.55. The van der Waals surface area contributed by atoms with E-state index >= 15 is 0 Å². The molecule has 2 atom stereocenters. The van der Waals surface area contributed by atoms with Crippen LogP contribution >= 0.6 is 11.6 Å². The molecular weight excluding hydrogens is 678 g/mol. The summed E-state index contributed by atoms with van der Waals surface area (Å²) in [7, 11) is 0. The molecule has 2 unspecified atom stereocenters. The number of amides is 3. The predicted molar refractivity (Wildman–Crippen MR) is 201 cm³/mol.